The molecular weight excluding hydrogens is 386 g/mol. The Bertz CT molecular complexity index is 702. The van der Waals surface area contributed by atoms with Crippen molar-refractivity contribution < 1.29 is 4.74 Å². The third kappa shape index (κ3) is 3.09. The molecule has 7 heteroatoms. The predicted molar refractivity (Wildman–Crippen MR) is 95.1 cm³/mol. The molecule has 0 radical (unpaired) electrons. The van der Waals surface area contributed by atoms with E-state index in [4.69, 9.17) is 22.1 Å². The van der Waals surface area contributed by atoms with E-state index >= 15 is 0 Å². The van der Waals surface area contributed by atoms with Crippen molar-refractivity contribution in [3.05, 3.63) is 51.2 Å². The minimum Gasteiger partial charge on any atom is -0.455 e. The highest BCUT2D eigenvalue weighted by Crippen LogP contribution is 2.46. The van der Waals surface area contributed by atoms with Gasteiger partial charge in [0, 0.05) is 15.6 Å². The fourth-order valence-corrected chi connectivity index (χ4v) is 3.31. The Labute approximate surface area is 146 Å². The highest BCUT2D eigenvalue weighted by Gasteiger charge is 2.28. The third-order valence-corrected chi connectivity index (χ3v) is 4.58. The molecule has 0 amide bonds. The van der Waals surface area contributed by atoms with E-state index in [1.54, 1.807) is 12.3 Å². The van der Waals surface area contributed by atoms with Gasteiger partial charge >= 0.3 is 0 Å². The SMILES string of the molecule is CCSC(N)=NC1c2cc(Br)ccc2Oc2cnc(Cl)cc21. The molecule has 0 spiro atoms. The average Bonchev–Trinajstić information content (AvgIpc) is 2.48. The minimum atomic E-state index is -0.254. The lowest BCUT2D eigenvalue weighted by Gasteiger charge is -2.26. The van der Waals surface area contributed by atoms with Crippen LogP contribution in [-0.4, -0.2) is 15.9 Å². The molecule has 4 nitrogen and oxygen atoms in total. The number of aliphatic imine (C=N–C) groups is 1. The number of nitrogens with zero attached hydrogens (tertiary/aromatic N) is 2. The number of hydrogen-bond donors (Lipinski definition) is 1. The zero-order valence-electron chi connectivity index (χ0n) is 11.7. The maximum absolute atomic E-state index is 6.04. The molecule has 2 N–H and O–H groups in total. The van der Waals surface area contributed by atoms with Crippen molar-refractivity contribution in [2.45, 2.75) is 13.0 Å². The molecule has 0 bridgehead atoms. The number of aromatic nitrogens is 1. The van der Waals surface area contributed by atoms with Crippen LogP contribution in [0.4, 0.5) is 0 Å². The summed E-state index contributed by atoms with van der Waals surface area (Å²) >= 11 is 11.0. The topological polar surface area (TPSA) is 60.5 Å². The standard InChI is InChI=1S/C15H13BrClN3OS/c1-2-22-15(18)20-14-9-5-8(16)3-4-11(9)21-12-7-19-13(17)6-10(12)14/h3-7,14H,2H2,1H3,(H2,18,20). The quantitative estimate of drug-likeness (QED) is 0.450. The van der Waals surface area contributed by atoms with Gasteiger partial charge in [-0.05, 0) is 30.0 Å². The Morgan fingerprint density at radius 1 is 1.41 bits per heavy atom. The Balaban J connectivity index is 2.15. The van der Waals surface area contributed by atoms with Gasteiger partial charge in [0.1, 0.15) is 16.9 Å². The fourth-order valence-electron chi connectivity index (χ4n) is 2.29. The van der Waals surface area contributed by atoms with Gasteiger partial charge in [-0.25, -0.2) is 9.98 Å². The van der Waals surface area contributed by atoms with Gasteiger partial charge in [0.15, 0.2) is 10.9 Å². The fraction of sp³-hybridized carbons (Fsp3) is 0.200. The zero-order valence-corrected chi connectivity index (χ0v) is 14.9. The first-order valence-corrected chi connectivity index (χ1v) is 8.83. The van der Waals surface area contributed by atoms with Crippen LogP contribution in [0.5, 0.6) is 11.5 Å². The number of benzene rings is 1. The summed E-state index contributed by atoms with van der Waals surface area (Å²) in [5, 5.41) is 0.946. The van der Waals surface area contributed by atoms with Crippen molar-refractivity contribution in [2.24, 2.45) is 10.7 Å². The van der Waals surface area contributed by atoms with Gasteiger partial charge in [-0.3, -0.25) is 0 Å². The van der Waals surface area contributed by atoms with E-state index in [-0.39, 0.29) is 6.04 Å². The summed E-state index contributed by atoms with van der Waals surface area (Å²) in [6.45, 7) is 2.04. The lowest BCUT2D eigenvalue weighted by molar-refractivity contribution is 0.445. The second kappa shape index (κ2) is 6.48. The molecular formula is C15H13BrClN3OS. The monoisotopic (exact) mass is 397 g/mol. The maximum atomic E-state index is 6.04. The van der Waals surface area contributed by atoms with Crippen molar-refractivity contribution >= 4 is 44.5 Å². The highest BCUT2D eigenvalue weighted by atomic mass is 79.9. The molecule has 0 saturated carbocycles. The lowest BCUT2D eigenvalue weighted by Crippen LogP contribution is -2.14. The van der Waals surface area contributed by atoms with Gasteiger partial charge in [0.25, 0.3) is 0 Å². The molecule has 1 aliphatic heterocycles. The van der Waals surface area contributed by atoms with Gasteiger partial charge in [-0.2, -0.15) is 0 Å². The van der Waals surface area contributed by atoms with Gasteiger partial charge in [-0.15, -0.1) is 0 Å². The van der Waals surface area contributed by atoms with E-state index in [0.29, 0.717) is 16.1 Å². The molecule has 1 aromatic carbocycles. The molecule has 3 rings (SSSR count). The second-order valence-electron chi connectivity index (χ2n) is 4.63. The second-order valence-corrected chi connectivity index (χ2v) is 7.22. The molecule has 114 valence electrons. The van der Waals surface area contributed by atoms with Crippen LogP contribution >= 0.6 is 39.3 Å². The average molecular weight is 399 g/mol. The van der Waals surface area contributed by atoms with Crippen LogP contribution in [-0.2, 0) is 0 Å². The van der Waals surface area contributed by atoms with E-state index in [1.165, 1.54) is 11.8 Å². The summed E-state index contributed by atoms with van der Waals surface area (Å²) in [7, 11) is 0. The third-order valence-electron chi connectivity index (χ3n) is 3.19. The van der Waals surface area contributed by atoms with Gasteiger partial charge in [0.05, 0.1) is 6.20 Å². The minimum absolute atomic E-state index is 0.254. The number of amidine groups is 1. The van der Waals surface area contributed by atoms with Crippen LogP contribution in [0.3, 0.4) is 0 Å². The number of halogens is 2. The van der Waals surface area contributed by atoms with Crippen LogP contribution in [0, 0.1) is 0 Å². The number of hydrogen-bond acceptors (Lipinski definition) is 4. The van der Waals surface area contributed by atoms with E-state index < -0.39 is 0 Å². The Kier molecular flexibility index (Phi) is 4.61. The van der Waals surface area contributed by atoms with Crippen molar-refractivity contribution in [3.8, 4) is 11.5 Å². The van der Waals surface area contributed by atoms with Gasteiger partial charge < -0.3 is 10.5 Å². The highest BCUT2D eigenvalue weighted by molar-refractivity contribution is 9.10. The molecule has 1 aromatic heterocycles. The molecule has 0 saturated heterocycles. The van der Waals surface area contributed by atoms with Gasteiger partial charge in [-0.1, -0.05) is 46.2 Å². The van der Waals surface area contributed by atoms with Crippen LogP contribution in [0.25, 0.3) is 0 Å². The Morgan fingerprint density at radius 3 is 2.95 bits per heavy atom. The van der Waals surface area contributed by atoms with Crippen LogP contribution < -0.4 is 10.5 Å². The number of fused-ring (bicyclic) bond motifs is 2. The molecule has 0 fully saturated rings. The summed E-state index contributed by atoms with van der Waals surface area (Å²) in [6, 6.07) is 7.35. The Morgan fingerprint density at radius 2 is 2.18 bits per heavy atom. The van der Waals surface area contributed by atoms with E-state index in [9.17, 15) is 0 Å². The van der Waals surface area contributed by atoms with Crippen LogP contribution in [0.1, 0.15) is 24.1 Å². The first-order chi connectivity index (χ1) is 10.6. The summed E-state index contributed by atoms with van der Waals surface area (Å²) in [5.41, 5.74) is 7.83. The first-order valence-electron chi connectivity index (χ1n) is 6.67. The number of pyridine rings is 1. The van der Waals surface area contributed by atoms with Crippen LogP contribution in [0.15, 0.2) is 39.9 Å². The number of nitrogens with two attached hydrogens (primary N) is 1. The predicted octanol–water partition coefficient (Wildman–Crippen LogP) is 4.76. The van der Waals surface area contributed by atoms with Crippen molar-refractivity contribution in [2.75, 3.05) is 5.75 Å². The number of ether oxygens (including phenoxy) is 1. The molecule has 0 aliphatic carbocycles. The smallest absolute Gasteiger partial charge is 0.154 e. The van der Waals surface area contributed by atoms with Crippen LogP contribution in [0.2, 0.25) is 5.15 Å². The normalized spacial score (nSPS) is 16.7. The number of thioether (sulfide) groups is 1. The maximum Gasteiger partial charge on any atom is 0.154 e. The number of rotatable bonds is 2. The molecule has 2 aromatic rings. The van der Waals surface area contributed by atoms with Crippen molar-refractivity contribution in [3.63, 3.8) is 0 Å². The van der Waals surface area contributed by atoms with E-state index in [1.807, 2.05) is 25.1 Å². The summed E-state index contributed by atoms with van der Waals surface area (Å²) in [4.78, 5) is 8.74. The molecule has 2 heterocycles. The molecule has 1 atom stereocenters. The summed E-state index contributed by atoms with van der Waals surface area (Å²) < 4.78 is 6.86. The van der Waals surface area contributed by atoms with Crippen molar-refractivity contribution in [1.29, 1.82) is 0 Å². The van der Waals surface area contributed by atoms with Gasteiger partial charge in [0.2, 0.25) is 0 Å². The van der Waals surface area contributed by atoms with E-state index in [2.05, 4.69) is 25.9 Å². The first kappa shape index (κ1) is 15.6. The molecule has 1 unspecified atom stereocenters. The summed E-state index contributed by atoms with van der Waals surface area (Å²) in [6.07, 6.45) is 1.62. The zero-order chi connectivity index (χ0) is 15.7. The molecule has 1 aliphatic rings. The lowest BCUT2D eigenvalue weighted by atomic mass is 9.96. The molecule has 22 heavy (non-hydrogen) atoms. The largest absolute Gasteiger partial charge is 0.455 e. The summed E-state index contributed by atoms with van der Waals surface area (Å²) in [5.74, 6) is 2.28. The Hall–Kier alpha value is -1.24. The van der Waals surface area contributed by atoms with Crippen molar-refractivity contribution in [1.82, 2.24) is 4.98 Å². The van der Waals surface area contributed by atoms with E-state index in [0.717, 1.165) is 27.1 Å².